The number of hydrogen-bond donors (Lipinski definition) is 1. The first kappa shape index (κ1) is 15.9. The van der Waals surface area contributed by atoms with Crippen LogP contribution in [-0.2, 0) is 11.2 Å². The smallest absolute Gasteiger partial charge is 0.140 e. The largest absolute Gasteiger partial charge is 0.328 e. The molecule has 0 aliphatic rings. The summed E-state index contributed by atoms with van der Waals surface area (Å²) in [4.78, 5) is 12.2. The van der Waals surface area contributed by atoms with E-state index in [0.717, 1.165) is 24.8 Å². The SMILES string of the molecule is Cc1cc(C)cc(CC(=O)C(C)CCCC(C)N)c1. The van der Waals surface area contributed by atoms with Crippen LogP contribution in [-0.4, -0.2) is 11.8 Å². The van der Waals surface area contributed by atoms with Crippen molar-refractivity contribution in [2.24, 2.45) is 11.7 Å². The maximum atomic E-state index is 12.2. The minimum atomic E-state index is 0.138. The van der Waals surface area contributed by atoms with Gasteiger partial charge in [0.15, 0.2) is 0 Å². The molecule has 0 fully saturated rings. The Labute approximate surface area is 117 Å². The summed E-state index contributed by atoms with van der Waals surface area (Å²) in [7, 11) is 0. The summed E-state index contributed by atoms with van der Waals surface area (Å²) in [6.45, 7) is 8.20. The quantitative estimate of drug-likeness (QED) is 0.815. The highest BCUT2D eigenvalue weighted by Crippen LogP contribution is 2.15. The minimum absolute atomic E-state index is 0.138. The van der Waals surface area contributed by atoms with Crippen LogP contribution in [0, 0.1) is 19.8 Å². The number of nitrogens with two attached hydrogens (primary N) is 1. The molecular formula is C17H27NO. The molecule has 0 aliphatic carbocycles. The molecule has 0 saturated carbocycles. The van der Waals surface area contributed by atoms with Crippen molar-refractivity contribution in [3.63, 3.8) is 0 Å². The Morgan fingerprint density at radius 2 is 1.68 bits per heavy atom. The first-order valence-electron chi connectivity index (χ1n) is 7.24. The standard InChI is InChI=1S/C17H27NO/c1-12-8-13(2)10-16(9-12)11-17(19)14(3)6-5-7-15(4)18/h8-10,14-15H,5-7,11,18H2,1-4H3. The molecule has 0 heterocycles. The number of rotatable bonds is 7. The molecule has 0 spiro atoms. The van der Waals surface area contributed by atoms with E-state index in [1.165, 1.54) is 11.1 Å². The van der Waals surface area contributed by atoms with Crippen LogP contribution >= 0.6 is 0 Å². The van der Waals surface area contributed by atoms with Crippen LogP contribution in [0.4, 0.5) is 0 Å². The molecule has 0 bridgehead atoms. The Morgan fingerprint density at radius 1 is 1.11 bits per heavy atom. The summed E-state index contributed by atoms with van der Waals surface area (Å²) < 4.78 is 0. The number of benzene rings is 1. The molecule has 106 valence electrons. The molecule has 19 heavy (non-hydrogen) atoms. The topological polar surface area (TPSA) is 43.1 Å². The average molecular weight is 261 g/mol. The molecule has 2 nitrogen and oxygen atoms in total. The number of carbonyl (C=O) groups is 1. The van der Waals surface area contributed by atoms with Gasteiger partial charge in [0.2, 0.25) is 0 Å². The lowest BCUT2D eigenvalue weighted by Gasteiger charge is -2.12. The number of Topliss-reactive ketones (excluding diaryl/α,β-unsaturated/α-hetero) is 1. The van der Waals surface area contributed by atoms with E-state index in [1.807, 2.05) is 13.8 Å². The second-order valence-electron chi connectivity index (χ2n) is 5.95. The molecule has 0 amide bonds. The molecule has 0 radical (unpaired) electrons. The Kier molecular flexibility index (Phi) is 6.23. The Bertz CT molecular complexity index is 403. The van der Waals surface area contributed by atoms with Gasteiger partial charge in [-0.25, -0.2) is 0 Å². The minimum Gasteiger partial charge on any atom is -0.328 e. The second kappa shape index (κ2) is 7.44. The zero-order valence-electron chi connectivity index (χ0n) is 12.7. The van der Waals surface area contributed by atoms with Crippen molar-refractivity contribution in [3.8, 4) is 0 Å². The zero-order valence-corrected chi connectivity index (χ0v) is 12.7. The fraction of sp³-hybridized carbons (Fsp3) is 0.588. The van der Waals surface area contributed by atoms with Gasteiger partial charge in [-0.3, -0.25) is 4.79 Å². The van der Waals surface area contributed by atoms with Crippen molar-refractivity contribution < 1.29 is 4.79 Å². The molecule has 2 atom stereocenters. The Hall–Kier alpha value is -1.15. The predicted octanol–water partition coefficient (Wildman–Crippen LogP) is 3.57. The van der Waals surface area contributed by atoms with E-state index in [0.29, 0.717) is 12.2 Å². The van der Waals surface area contributed by atoms with E-state index >= 15 is 0 Å². The highest BCUT2D eigenvalue weighted by atomic mass is 16.1. The van der Waals surface area contributed by atoms with Crippen LogP contribution in [0.1, 0.15) is 49.8 Å². The van der Waals surface area contributed by atoms with Gasteiger partial charge < -0.3 is 5.73 Å². The highest BCUT2D eigenvalue weighted by molar-refractivity contribution is 5.83. The van der Waals surface area contributed by atoms with Gasteiger partial charge in [0.1, 0.15) is 5.78 Å². The molecule has 2 heteroatoms. The van der Waals surface area contributed by atoms with E-state index in [9.17, 15) is 4.79 Å². The van der Waals surface area contributed by atoms with Crippen LogP contribution in [0.25, 0.3) is 0 Å². The second-order valence-corrected chi connectivity index (χ2v) is 5.95. The third-order valence-electron chi connectivity index (χ3n) is 3.51. The maximum Gasteiger partial charge on any atom is 0.140 e. The van der Waals surface area contributed by atoms with Crippen molar-refractivity contribution >= 4 is 5.78 Å². The van der Waals surface area contributed by atoms with Crippen molar-refractivity contribution in [2.75, 3.05) is 0 Å². The van der Waals surface area contributed by atoms with E-state index in [2.05, 4.69) is 32.0 Å². The molecule has 0 aliphatic heterocycles. The molecule has 1 aromatic carbocycles. The lowest BCUT2D eigenvalue weighted by atomic mass is 9.93. The lowest BCUT2D eigenvalue weighted by Crippen LogP contribution is -2.17. The van der Waals surface area contributed by atoms with Crippen LogP contribution in [0.15, 0.2) is 18.2 Å². The van der Waals surface area contributed by atoms with Gasteiger partial charge in [-0.05, 0) is 39.2 Å². The third kappa shape index (κ3) is 6.02. The van der Waals surface area contributed by atoms with Gasteiger partial charge in [0.05, 0.1) is 0 Å². The van der Waals surface area contributed by atoms with E-state index in [1.54, 1.807) is 0 Å². The number of ketones is 1. The number of aryl methyl sites for hydroxylation is 2. The maximum absolute atomic E-state index is 12.2. The normalized spacial score (nSPS) is 14.2. The predicted molar refractivity (Wildman–Crippen MR) is 81.3 cm³/mol. The van der Waals surface area contributed by atoms with Crippen molar-refractivity contribution in [1.29, 1.82) is 0 Å². The molecule has 2 N–H and O–H groups in total. The van der Waals surface area contributed by atoms with Gasteiger partial charge in [-0.1, -0.05) is 42.7 Å². The van der Waals surface area contributed by atoms with Gasteiger partial charge in [-0.15, -0.1) is 0 Å². The summed E-state index contributed by atoms with van der Waals surface area (Å²) >= 11 is 0. The summed E-state index contributed by atoms with van der Waals surface area (Å²) in [5.74, 6) is 0.481. The summed E-state index contributed by atoms with van der Waals surface area (Å²) in [6, 6.07) is 6.60. The van der Waals surface area contributed by atoms with Crippen molar-refractivity contribution in [3.05, 3.63) is 34.9 Å². The van der Waals surface area contributed by atoms with E-state index in [4.69, 9.17) is 5.73 Å². The summed E-state index contributed by atoms with van der Waals surface area (Å²) in [5, 5.41) is 0. The highest BCUT2D eigenvalue weighted by Gasteiger charge is 2.13. The fourth-order valence-corrected chi connectivity index (χ4v) is 2.45. The zero-order chi connectivity index (χ0) is 14.4. The molecule has 0 aromatic heterocycles. The van der Waals surface area contributed by atoms with Gasteiger partial charge in [-0.2, -0.15) is 0 Å². The van der Waals surface area contributed by atoms with E-state index in [-0.39, 0.29) is 12.0 Å². The Balaban J connectivity index is 2.49. The summed E-state index contributed by atoms with van der Waals surface area (Å²) in [5.41, 5.74) is 9.33. The van der Waals surface area contributed by atoms with Crippen molar-refractivity contribution in [1.82, 2.24) is 0 Å². The number of carbonyl (C=O) groups excluding carboxylic acids is 1. The third-order valence-corrected chi connectivity index (χ3v) is 3.51. The molecule has 1 rings (SSSR count). The monoisotopic (exact) mass is 261 g/mol. The number of hydrogen-bond acceptors (Lipinski definition) is 2. The molecule has 1 aromatic rings. The summed E-state index contributed by atoms with van der Waals surface area (Å²) in [6.07, 6.45) is 3.55. The molecule has 2 unspecified atom stereocenters. The molecular weight excluding hydrogens is 234 g/mol. The lowest BCUT2D eigenvalue weighted by molar-refractivity contribution is -0.121. The van der Waals surface area contributed by atoms with E-state index < -0.39 is 0 Å². The van der Waals surface area contributed by atoms with Crippen LogP contribution in [0.2, 0.25) is 0 Å². The fourth-order valence-electron chi connectivity index (χ4n) is 2.45. The van der Waals surface area contributed by atoms with Crippen molar-refractivity contribution in [2.45, 2.75) is 59.4 Å². The van der Waals surface area contributed by atoms with Gasteiger partial charge >= 0.3 is 0 Å². The Morgan fingerprint density at radius 3 is 2.21 bits per heavy atom. The molecule has 0 saturated heterocycles. The van der Waals surface area contributed by atoms with Crippen LogP contribution in [0.3, 0.4) is 0 Å². The van der Waals surface area contributed by atoms with Gasteiger partial charge in [0.25, 0.3) is 0 Å². The van der Waals surface area contributed by atoms with Crippen LogP contribution in [0.5, 0.6) is 0 Å². The van der Waals surface area contributed by atoms with Gasteiger partial charge in [0, 0.05) is 18.4 Å². The first-order valence-corrected chi connectivity index (χ1v) is 7.24. The van der Waals surface area contributed by atoms with Crippen LogP contribution < -0.4 is 5.73 Å². The average Bonchev–Trinajstić information content (AvgIpc) is 2.26. The first-order chi connectivity index (χ1) is 8.88.